The number of carbonyl (C=O) groups is 1. The van der Waals surface area contributed by atoms with Gasteiger partial charge in [-0.2, -0.15) is 5.26 Å². The first-order chi connectivity index (χ1) is 8.61. The average molecular weight is 260 g/mol. The molecule has 1 aliphatic rings. The van der Waals surface area contributed by atoms with Gasteiger partial charge in [-0.15, -0.1) is 0 Å². The Bertz CT molecular complexity index is 517. The number of thioether (sulfide) groups is 1. The predicted octanol–water partition coefficient (Wildman–Crippen LogP) is 3.21. The number of carbonyl (C=O) groups excluding carboxylic acids is 1. The molecular weight excluding hydrogens is 244 g/mol. The van der Waals surface area contributed by atoms with Crippen molar-refractivity contribution in [2.24, 2.45) is 0 Å². The molecule has 0 N–H and O–H groups in total. The molecule has 0 heterocycles. The van der Waals surface area contributed by atoms with Crippen LogP contribution >= 0.6 is 11.8 Å². The fourth-order valence-corrected chi connectivity index (χ4v) is 2.91. The molecule has 1 aliphatic carbocycles. The maximum absolute atomic E-state index is 11.7. The first-order valence-corrected chi connectivity index (χ1v) is 6.88. The number of hydrogen-bond donors (Lipinski definition) is 0. The first-order valence-electron chi connectivity index (χ1n) is 6.07. The Morgan fingerprint density at radius 3 is 2.44 bits per heavy atom. The molecule has 18 heavy (non-hydrogen) atoms. The van der Waals surface area contributed by atoms with Crippen molar-refractivity contribution >= 4 is 17.0 Å². The van der Waals surface area contributed by atoms with Crippen molar-refractivity contribution in [1.29, 1.82) is 5.26 Å². The second-order valence-electron chi connectivity index (χ2n) is 4.70. The van der Waals surface area contributed by atoms with Gasteiger partial charge in [-0.25, -0.2) is 0 Å². The van der Waals surface area contributed by atoms with E-state index in [-0.39, 0.29) is 5.24 Å². The molecule has 4 heteroatoms. The van der Waals surface area contributed by atoms with Gasteiger partial charge in [0, 0.05) is 19.0 Å². The van der Waals surface area contributed by atoms with E-state index in [0.29, 0.717) is 5.56 Å². The van der Waals surface area contributed by atoms with Crippen molar-refractivity contribution in [3.8, 4) is 6.07 Å². The van der Waals surface area contributed by atoms with Crippen LogP contribution in [0, 0.1) is 11.3 Å². The zero-order valence-corrected chi connectivity index (χ0v) is 11.5. The standard InChI is InChI=1S/C14H16N2OS/c1-16(2)14(17)18-13-8-11-6-4-3-5-10(11)7-12(13)9-15/h7-8H,3-6H2,1-2H3. The molecule has 0 aromatic heterocycles. The lowest BCUT2D eigenvalue weighted by atomic mass is 9.90. The maximum Gasteiger partial charge on any atom is 0.285 e. The lowest BCUT2D eigenvalue weighted by Gasteiger charge is -2.18. The Hall–Kier alpha value is -1.47. The van der Waals surface area contributed by atoms with Gasteiger partial charge in [0.2, 0.25) is 0 Å². The van der Waals surface area contributed by atoms with Crippen molar-refractivity contribution in [3.63, 3.8) is 0 Å². The highest BCUT2D eigenvalue weighted by molar-refractivity contribution is 8.13. The lowest BCUT2D eigenvalue weighted by Crippen LogP contribution is -2.16. The second kappa shape index (κ2) is 5.45. The molecular formula is C14H16N2OS. The summed E-state index contributed by atoms with van der Waals surface area (Å²) in [6, 6.07) is 6.18. The van der Waals surface area contributed by atoms with Crippen LogP contribution in [0.25, 0.3) is 0 Å². The van der Waals surface area contributed by atoms with Crippen molar-refractivity contribution in [2.75, 3.05) is 14.1 Å². The first kappa shape index (κ1) is 13.0. The zero-order chi connectivity index (χ0) is 13.1. The minimum atomic E-state index is -0.0396. The molecule has 1 amide bonds. The number of fused-ring (bicyclic) bond motifs is 1. The Morgan fingerprint density at radius 2 is 1.89 bits per heavy atom. The van der Waals surface area contributed by atoms with Gasteiger partial charge in [0.05, 0.1) is 5.56 Å². The summed E-state index contributed by atoms with van der Waals surface area (Å²) in [4.78, 5) is 14.0. The summed E-state index contributed by atoms with van der Waals surface area (Å²) in [5.74, 6) is 0. The number of hydrogen-bond acceptors (Lipinski definition) is 3. The van der Waals surface area contributed by atoms with Gasteiger partial charge < -0.3 is 4.90 Å². The van der Waals surface area contributed by atoms with Gasteiger partial charge >= 0.3 is 0 Å². The van der Waals surface area contributed by atoms with E-state index in [2.05, 4.69) is 6.07 Å². The largest absolute Gasteiger partial charge is 0.339 e. The van der Waals surface area contributed by atoms with Gasteiger partial charge in [-0.1, -0.05) is 0 Å². The molecule has 1 aromatic rings. The van der Waals surface area contributed by atoms with E-state index in [9.17, 15) is 10.1 Å². The highest BCUT2D eigenvalue weighted by atomic mass is 32.2. The fourth-order valence-electron chi connectivity index (χ4n) is 2.12. The van der Waals surface area contributed by atoms with Crippen LogP contribution in [0.15, 0.2) is 17.0 Å². The van der Waals surface area contributed by atoms with Gasteiger partial charge in [-0.05, 0) is 60.7 Å². The van der Waals surface area contributed by atoms with Crippen LogP contribution in [0.4, 0.5) is 4.79 Å². The van der Waals surface area contributed by atoms with E-state index in [4.69, 9.17) is 0 Å². The quantitative estimate of drug-likeness (QED) is 0.728. The number of nitriles is 1. The molecule has 0 radical (unpaired) electrons. The van der Waals surface area contributed by atoms with Crippen molar-refractivity contribution in [3.05, 3.63) is 28.8 Å². The molecule has 3 nitrogen and oxygen atoms in total. The van der Waals surface area contributed by atoms with E-state index < -0.39 is 0 Å². The number of nitrogens with zero attached hydrogens (tertiary/aromatic N) is 2. The average Bonchev–Trinajstić information content (AvgIpc) is 2.37. The molecule has 0 fully saturated rings. The van der Waals surface area contributed by atoms with Crippen LogP contribution in [-0.2, 0) is 12.8 Å². The molecule has 0 aliphatic heterocycles. The summed E-state index contributed by atoms with van der Waals surface area (Å²) in [5.41, 5.74) is 3.20. The van der Waals surface area contributed by atoms with Crippen LogP contribution in [0.5, 0.6) is 0 Å². The third kappa shape index (κ3) is 2.68. The van der Waals surface area contributed by atoms with Gasteiger partial charge in [-0.3, -0.25) is 4.79 Å². The second-order valence-corrected chi connectivity index (χ2v) is 5.69. The monoisotopic (exact) mass is 260 g/mol. The van der Waals surface area contributed by atoms with Gasteiger partial charge in [0.25, 0.3) is 5.24 Å². The summed E-state index contributed by atoms with van der Waals surface area (Å²) in [6.07, 6.45) is 4.51. The third-order valence-electron chi connectivity index (χ3n) is 3.13. The van der Waals surface area contributed by atoms with E-state index in [1.165, 1.54) is 28.9 Å². The van der Waals surface area contributed by atoms with Crippen LogP contribution < -0.4 is 0 Å². The summed E-state index contributed by atoms with van der Waals surface area (Å²) in [5, 5.41) is 9.14. The van der Waals surface area contributed by atoms with E-state index >= 15 is 0 Å². The maximum atomic E-state index is 11.7. The summed E-state index contributed by atoms with van der Waals surface area (Å²) in [6.45, 7) is 0. The zero-order valence-electron chi connectivity index (χ0n) is 10.7. The molecule has 1 aromatic carbocycles. The van der Waals surface area contributed by atoms with Crippen LogP contribution in [0.1, 0.15) is 29.5 Å². The van der Waals surface area contributed by atoms with Crippen molar-refractivity contribution < 1.29 is 4.79 Å². The minimum absolute atomic E-state index is 0.0396. The molecule has 0 saturated carbocycles. The Labute approximate surface area is 112 Å². The normalized spacial score (nSPS) is 13.6. The van der Waals surface area contributed by atoms with Gasteiger partial charge in [0.15, 0.2) is 0 Å². The Morgan fingerprint density at radius 1 is 1.28 bits per heavy atom. The summed E-state index contributed by atoms with van der Waals surface area (Å²) >= 11 is 1.14. The number of rotatable bonds is 1. The fraction of sp³-hybridized carbons (Fsp3) is 0.429. The number of benzene rings is 1. The molecule has 0 bridgehead atoms. The summed E-state index contributed by atoms with van der Waals surface area (Å²) < 4.78 is 0. The number of amides is 1. The SMILES string of the molecule is CN(C)C(=O)Sc1cc2c(cc1C#N)CCCC2. The predicted molar refractivity (Wildman–Crippen MR) is 72.7 cm³/mol. The molecule has 0 spiro atoms. The third-order valence-corrected chi connectivity index (χ3v) is 4.22. The highest BCUT2D eigenvalue weighted by Gasteiger charge is 2.16. The Kier molecular flexibility index (Phi) is 3.93. The molecule has 0 saturated heterocycles. The molecule has 0 unspecified atom stereocenters. The highest BCUT2D eigenvalue weighted by Crippen LogP contribution is 2.31. The van der Waals surface area contributed by atoms with Crippen molar-refractivity contribution in [2.45, 2.75) is 30.6 Å². The lowest BCUT2D eigenvalue weighted by molar-refractivity contribution is 0.241. The topological polar surface area (TPSA) is 44.1 Å². The van der Waals surface area contributed by atoms with Gasteiger partial charge in [0.1, 0.15) is 6.07 Å². The van der Waals surface area contributed by atoms with E-state index in [1.54, 1.807) is 14.1 Å². The van der Waals surface area contributed by atoms with Crippen LogP contribution in [-0.4, -0.2) is 24.2 Å². The van der Waals surface area contributed by atoms with E-state index in [1.807, 2.05) is 12.1 Å². The van der Waals surface area contributed by atoms with Crippen LogP contribution in [0.3, 0.4) is 0 Å². The summed E-state index contributed by atoms with van der Waals surface area (Å²) in [7, 11) is 3.44. The minimum Gasteiger partial charge on any atom is -0.339 e. The van der Waals surface area contributed by atoms with E-state index in [0.717, 1.165) is 29.5 Å². The molecule has 94 valence electrons. The van der Waals surface area contributed by atoms with Crippen molar-refractivity contribution in [1.82, 2.24) is 4.90 Å². The smallest absolute Gasteiger partial charge is 0.285 e. The van der Waals surface area contributed by atoms with Crippen LogP contribution in [0.2, 0.25) is 0 Å². The number of aryl methyl sites for hydroxylation is 2. The Balaban J connectivity index is 2.34. The molecule has 0 atom stereocenters. The molecule has 2 rings (SSSR count).